The van der Waals surface area contributed by atoms with Crippen LogP contribution in [-0.4, -0.2) is 37.7 Å². The summed E-state index contributed by atoms with van der Waals surface area (Å²) in [5.41, 5.74) is -0.311. The Morgan fingerprint density at radius 1 is 1.12 bits per heavy atom. The maximum absolute atomic E-state index is 10.8. The molecule has 1 atom stereocenters. The van der Waals surface area contributed by atoms with E-state index in [1.54, 1.807) is 32.1 Å². The summed E-state index contributed by atoms with van der Waals surface area (Å²) >= 11 is 0. The van der Waals surface area contributed by atoms with Crippen LogP contribution in [0.1, 0.15) is 72.6 Å². The fraction of sp³-hybridized carbons (Fsp3) is 0.850. The molecule has 3 fully saturated rings. The average molecular weight is 370 g/mol. The summed E-state index contributed by atoms with van der Waals surface area (Å²) in [7, 11) is 1.42. The predicted octanol–water partition coefficient (Wildman–Crippen LogP) is 3.66. The van der Waals surface area contributed by atoms with Gasteiger partial charge in [0, 0.05) is 13.3 Å². The molecule has 0 spiro atoms. The monoisotopic (exact) mass is 370 g/mol. The molecule has 2 saturated carbocycles. The van der Waals surface area contributed by atoms with E-state index in [4.69, 9.17) is 0 Å². The summed E-state index contributed by atoms with van der Waals surface area (Å²) in [5.74, 6) is 1.33. The van der Waals surface area contributed by atoms with E-state index in [1.807, 2.05) is 20.8 Å². The third-order valence-corrected chi connectivity index (χ3v) is 5.45. The second kappa shape index (κ2) is 10.5. The Labute approximate surface area is 156 Å². The smallest absolute Gasteiger partial charge is 0.347 e. The second-order valence-electron chi connectivity index (χ2n) is 7.91. The van der Waals surface area contributed by atoms with Gasteiger partial charge in [-0.05, 0) is 38.5 Å². The molecule has 2 aliphatic carbocycles. The van der Waals surface area contributed by atoms with Crippen LogP contribution in [0.2, 0.25) is 0 Å². The molecule has 6 nitrogen and oxygen atoms in total. The molecule has 1 aliphatic heterocycles. The van der Waals surface area contributed by atoms with Gasteiger partial charge in [-0.25, -0.2) is 4.79 Å². The lowest BCUT2D eigenvalue weighted by molar-refractivity contribution is -0.158. The van der Waals surface area contributed by atoms with Gasteiger partial charge in [-0.2, -0.15) is 0 Å². The topological polar surface area (TPSA) is 78.9 Å². The highest BCUT2D eigenvalue weighted by Crippen LogP contribution is 2.43. The van der Waals surface area contributed by atoms with E-state index >= 15 is 0 Å². The number of fused-ring (bicyclic) bond motifs is 2. The number of carbonyl (C=O) groups excluding carboxylic acids is 3. The minimum absolute atomic E-state index is 0.134. The molecule has 1 heterocycles. The quantitative estimate of drug-likeness (QED) is 0.557. The molecular weight excluding hydrogens is 336 g/mol. The first-order valence-electron chi connectivity index (χ1n) is 9.61. The normalized spacial score (nSPS) is 26.0. The number of methoxy groups -OCH3 is 1. The average Bonchev–Trinajstić information content (AvgIpc) is 3.34. The third-order valence-electron chi connectivity index (χ3n) is 5.45. The lowest BCUT2D eigenvalue weighted by Crippen LogP contribution is -2.24. The van der Waals surface area contributed by atoms with Crippen LogP contribution in [0.25, 0.3) is 0 Å². The first kappa shape index (κ1) is 22.5. The largest absolute Gasteiger partial charge is 0.469 e. The number of hydrogen-bond acceptors (Lipinski definition) is 6. The Bertz CT molecular complexity index is 467. The van der Waals surface area contributed by atoms with Crippen LogP contribution < -0.4 is 0 Å². The Balaban J connectivity index is 0.000000197. The summed E-state index contributed by atoms with van der Waals surface area (Å²) in [4.78, 5) is 31.8. The molecule has 0 aromatic rings. The van der Waals surface area contributed by atoms with Crippen molar-refractivity contribution in [3.8, 4) is 0 Å². The lowest BCUT2D eigenvalue weighted by Gasteiger charge is -2.17. The van der Waals surface area contributed by atoms with Crippen LogP contribution in [0.4, 0.5) is 0 Å². The van der Waals surface area contributed by atoms with Gasteiger partial charge in [-0.1, -0.05) is 32.6 Å². The fourth-order valence-corrected chi connectivity index (χ4v) is 3.38. The van der Waals surface area contributed by atoms with Gasteiger partial charge in [-0.15, -0.1) is 0 Å². The fourth-order valence-electron chi connectivity index (χ4n) is 3.38. The van der Waals surface area contributed by atoms with Crippen LogP contribution in [0, 0.1) is 17.3 Å². The van der Waals surface area contributed by atoms with Gasteiger partial charge >= 0.3 is 17.9 Å². The van der Waals surface area contributed by atoms with E-state index in [2.05, 4.69) is 14.2 Å². The van der Waals surface area contributed by atoms with Gasteiger partial charge in [0.05, 0.1) is 19.1 Å². The minimum Gasteiger partial charge on any atom is -0.469 e. The van der Waals surface area contributed by atoms with Crippen molar-refractivity contribution in [2.24, 2.45) is 17.3 Å². The molecule has 150 valence electrons. The van der Waals surface area contributed by atoms with Crippen molar-refractivity contribution in [3.05, 3.63) is 0 Å². The van der Waals surface area contributed by atoms with Crippen molar-refractivity contribution in [1.29, 1.82) is 0 Å². The zero-order valence-corrected chi connectivity index (χ0v) is 16.8. The maximum atomic E-state index is 10.8. The van der Waals surface area contributed by atoms with Crippen molar-refractivity contribution >= 4 is 17.9 Å². The highest BCUT2D eigenvalue weighted by atomic mass is 16.6. The molecule has 2 bridgehead atoms. The number of carbonyl (C=O) groups is 3. The van der Waals surface area contributed by atoms with E-state index in [-0.39, 0.29) is 11.4 Å². The summed E-state index contributed by atoms with van der Waals surface area (Å²) in [6.45, 7) is 7.34. The number of hydrogen-bond donors (Lipinski definition) is 0. The molecule has 0 aromatic carbocycles. The summed E-state index contributed by atoms with van der Waals surface area (Å²) in [6, 6.07) is 0. The molecule has 0 N–H and O–H groups in total. The van der Waals surface area contributed by atoms with Crippen molar-refractivity contribution in [1.82, 2.24) is 0 Å². The van der Waals surface area contributed by atoms with Gasteiger partial charge < -0.3 is 14.2 Å². The van der Waals surface area contributed by atoms with Gasteiger partial charge in [0.25, 0.3) is 0 Å². The molecule has 0 aromatic heterocycles. The lowest BCUT2D eigenvalue weighted by atomic mass is 9.91. The second-order valence-corrected chi connectivity index (χ2v) is 7.91. The zero-order chi connectivity index (χ0) is 19.7. The van der Waals surface area contributed by atoms with Crippen molar-refractivity contribution in [2.45, 2.75) is 78.7 Å². The third kappa shape index (κ3) is 7.34. The van der Waals surface area contributed by atoms with Gasteiger partial charge in [-0.3, -0.25) is 9.59 Å². The van der Waals surface area contributed by atoms with Crippen molar-refractivity contribution in [3.63, 3.8) is 0 Å². The van der Waals surface area contributed by atoms with E-state index in [0.717, 1.165) is 6.42 Å². The predicted molar refractivity (Wildman–Crippen MR) is 97.3 cm³/mol. The molecule has 0 radical (unpaired) electrons. The SMILES string of the molecule is C1CC2CCC1C2.CC(=O)OC1CCOC1=O.CCC(C)(C)C(=O)OC. The Morgan fingerprint density at radius 3 is 1.88 bits per heavy atom. The highest BCUT2D eigenvalue weighted by molar-refractivity contribution is 5.79. The molecular formula is C20H34O6. The van der Waals surface area contributed by atoms with E-state index in [1.165, 1.54) is 25.9 Å². The number of rotatable bonds is 3. The van der Waals surface area contributed by atoms with Crippen molar-refractivity contribution in [2.75, 3.05) is 13.7 Å². The number of esters is 3. The van der Waals surface area contributed by atoms with Crippen molar-refractivity contribution < 1.29 is 28.6 Å². The minimum atomic E-state index is -0.655. The Morgan fingerprint density at radius 2 is 1.65 bits per heavy atom. The molecule has 1 unspecified atom stereocenters. The highest BCUT2D eigenvalue weighted by Gasteiger charge is 2.30. The van der Waals surface area contributed by atoms with Crippen LogP contribution >= 0.6 is 0 Å². The summed E-state index contributed by atoms with van der Waals surface area (Å²) < 4.78 is 13.7. The van der Waals surface area contributed by atoms with Gasteiger partial charge in [0.15, 0.2) is 0 Å². The molecule has 6 heteroatoms. The molecule has 0 amide bonds. The first-order chi connectivity index (χ1) is 12.2. The van der Waals surface area contributed by atoms with Crippen LogP contribution in [0.3, 0.4) is 0 Å². The number of ether oxygens (including phenoxy) is 3. The van der Waals surface area contributed by atoms with Crippen LogP contribution in [-0.2, 0) is 28.6 Å². The van der Waals surface area contributed by atoms with E-state index < -0.39 is 18.0 Å². The van der Waals surface area contributed by atoms with Gasteiger partial charge in [0.1, 0.15) is 0 Å². The molecule has 3 rings (SSSR count). The molecule has 3 aliphatic rings. The van der Waals surface area contributed by atoms with Gasteiger partial charge in [0.2, 0.25) is 6.10 Å². The molecule has 26 heavy (non-hydrogen) atoms. The Hall–Kier alpha value is -1.59. The Kier molecular flexibility index (Phi) is 9.09. The summed E-state index contributed by atoms with van der Waals surface area (Å²) in [6.07, 6.45) is 8.47. The molecule has 1 saturated heterocycles. The van der Waals surface area contributed by atoms with Crippen LogP contribution in [0.15, 0.2) is 0 Å². The zero-order valence-electron chi connectivity index (χ0n) is 16.8. The standard InChI is InChI=1S/C7H14O2.C7H12.C6H8O4/c1-5-7(2,3)6(8)9-4;1-2-7-4-3-6(1)5-7;1-4(7)10-5-2-3-9-6(5)8/h5H2,1-4H3;6-7H,1-5H2;5H,2-3H2,1H3. The van der Waals surface area contributed by atoms with Crippen LogP contribution in [0.5, 0.6) is 0 Å². The maximum Gasteiger partial charge on any atom is 0.347 e. The van der Waals surface area contributed by atoms with E-state index in [9.17, 15) is 14.4 Å². The number of cyclic esters (lactones) is 1. The first-order valence-corrected chi connectivity index (χ1v) is 9.61. The van der Waals surface area contributed by atoms with E-state index in [0.29, 0.717) is 13.0 Å². The summed E-state index contributed by atoms with van der Waals surface area (Å²) in [5, 5.41) is 0.